The molecule has 0 saturated carbocycles. The molecule has 0 aromatic heterocycles. The van der Waals surface area contributed by atoms with Crippen molar-refractivity contribution < 1.29 is 13.2 Å². The van der Waals surface area contributed by atoms with E-state index in [0.717, 1.165) is 12.8 Å². The molecule has 0 spiro atoms. The summed E-state index contributed by atoms with van der Waals surface area (Å²) in [6, 6.07) is 8.28. The van der Waals surface area contributed by atoms with Gasteiger partial charge in [-0.05, 0) is 51.2 Å². The number of hydrogen-bond donors (Lipinski definition) is 2. The normalized spacial score (nSPS) is 26.5. The second kappa shape index (κ2) is 8.31. The first kappa shape index (κ1) is 19.7. The first-order chi connectivity index (χ1) is 12.4. The summed E-state index contributed by atoms with van der Waals surface area (Å²) >= 11 is 1.33. The number of carbonyl (C=O) groups is 1. The molecule has 144 valence electrons. The number of sulfone groups is 1. The van der Waals surface area contributed by atoms with Crippen LogP contribution in [0, 0.1) is 0 Å². The van der Waals surface area contributed by atoms with Crippen molar-refractivity contribution >= 4 is 27.5 Å². The van der Waals surface area contributed by atoms with Gasteiger partial charge in [0.25, 0.3) is 0 Å². The second-order valence-corrected chi connectivity index (χ2v) is 10.8. The summed E-state index contributed by atoms with van der Waals surface area (Å²) in [6.07, 6.45) is 4.95. The van der Waals surface area contributed by atoms with Crippen LogP contribution in [0.3, 0.4) is 0 Å². The van der Waals surface area contributed by atoms with Crippen LogP contribution in [0.15, 0.2) is 34.1 Å². The zero-order valence-electron chi connectivity index (χ0n) is 15.4. The molecule has 1 amide bonds. The van der Waals surface area contributed by atoms with Crippen LogP contribution in [0.5, 0.6) is 0 Å². The number of hydrogen-bond acceptors (Lipinski definition) is 5. The molecule has 5 nitrogen and oxygen atoms in total. The summed E-state index contributed by atoms with van der Waals surface area (Å²) in [6.45, 7) is 3.70. The van der Waals surface area contributed by atoms with Gasteiger partial charge >= 0.3 is 0 Å². The highest BCUT2D eigenvalue weighted by atomic mass is 32.2. The summed E-state index contributed by atoms with van der Waals surface area (Å²) in [5.74, 6) is 0.118. The highest BCUT2D eigenvalue weighted by Crippen LogP contribution is 2.31. The zero-order valence-corrected chi connectivity index (χ0v) is 17.0. The third kappa shape index (κ3) is 4.61. The molecule has 2 N–H and O–H groups in total. The molecule has 1 aromatic rings. The molecule has 26 heavy (non-hydrogen) atoms. The van der Waals surface area contributed by atoms with Gasteiger partial charge in [-0.1, -0.05) is 19.1 Å². The number of piperidine rings is 1. The van der Waals surface area contributed by atoms with Crippen LogP contribution in [-0.2, 0) is 14.6 Å². The third-order valence-corrected chi connectivity index (χ3v) is 8.43. The van der Waals surface area contributed by atoms with Crippen molar-refractivity contribution in [3.8, 4) is 0 Å². The maximum atomic E-state index is 12.6. The molecule has 0 aliphatic carbocycles. The van der Waals surface area contributed by atoms with Gasteiger partial charge in [-0.15, -0.1) is 11.8 Å². The van der Waals surface area contributed by atoms with E-state index < -0.39 is 9.84 Å². The predicted molar refractivity (Wildman–Crippen MR) is 105 cm³/mol. The number of thioether (sulfide) groups is 1. The largest absolute Gasteiger partial charge is 0.352 e. The van der Waals surface area contributed by atoms with Gasteiger partial charge in [-0.2, -0.15) is 0 Å². The van der Waals surface area contributed by atoms with Crippen LogP contribution in [0.4, 0.5) is 0 Å². The van der Waals surface area contributed by atoms with Crippen molar-refractivity contribution in [2.75, 3.05) is 5.75 Å². The van der Waals surface area contributed by atoms with Crippen molar-refractivity contribution in [1.29, 1.82) is 0 Å². The Morgan fingerprint density at radius 1 is 1.27 bits per heavy atom. The average Bonchev–Trinajstić information content (AvgIpc) is 2.93. The Balaban J connectivity index is 1.64. The smallest absolute Gasteiger partial charge is 0.233 e. The Morgan fingerprint density at radius 2 is 1.92 bits per heavy atom. The molecule has 2 saturated heterocycles. The summed E-state index contributed by atoms with van der Waals surface area (Å²) in [4.78, 5) is 13.6. The van der Waals surface area contributed by atoms with E-state index in [9.17, 15) is 13.2 Å². The third-order valence-electron chi connectivity index (χ3n) is 5.15. The minimum absolute atomic E-state index is 0.0102. The van der Waals surface area contributed by atoms with E-state index in [2.05, 4.69) is 10.6 Å². The van der Waals surface area contributed by atoms with Crippen LogP contribution in [0.1, 0.15) is 46.0 Å². The van der Waals surface area contributed by atoms with Gasteiger partial charge in [-0.25, -0.2) is 8.42 Å². The highest BCUT2D eigenvalue weighted by Gasteiger charge is 2.34. The number of nitrogens with one attached hydrogen (secondary N) is 2. The molecule has 2 aliphatic heterocycles. The lowest BCUT2D eigenvalue weighted by Crippen LogP contribution is -2.49. The molecule has 2 bridgehead atoms. The summed E-state index contributed by atoms with van der Waals surface area (Å²) in [7, 11) is -3.31. The minimum atomic E-state index is -3.31. The Hall–Kier alpha value is -1.05. The fourth-order valence-corrected chi connectivity index (χ4v) is 6.76. The van der Waals surface area contributed by atoms with E-state index in [4.69, 9.17) is 0 Å². The number of carbonyl (C=O) groups excluding carboxylic acids is 1. The van der Waals surface area contributed by atoms with Gasteiger partial charge in [0.05, 0.1) is 15.9 Å². The minimum Gasteiger partial charge on any atom is -0.352 e. The maximum absolute atomic E-state index is 12.6. The highest BCUT2D eigenvalue weighted by molar-refractivity contribution is 8.01. The Kier molecular flexibility index (Phi) is 6.30. The average molecular weight is 397 g/mol. The van der Waals surface area contributed by atoms with E-state index in [1.54, 1.807) is 18.2 Å². The first-order valence-corrected chi connectivity index (χ1v) is 12.0. The van der Waals surface area contributed by atoms with Crippen molar-refractivity contribution in [3.63, 3.8) is 0 Å². The maximum Gasteiger partial charge on any atom is 0.233 e. The molecule has 7 heteroatoms. The Morgan fingerprint density at radius 3 is 2.58 bits per heavy atom. The van der Waals surface area contributed by atoms with E-state index in [-0.39, 0.29) is 23.0 Å². The van der Waals surface area contributed by atoms with E-state index >= 15 is 0 Å². The summed E-state index contributed by atoms with van der Waals surface area (Å²) < 4.78 is 25.0. The SMILES string of the molecule is CCCS(=O)(=O)c1ccccc1SC(C)C(=O)NC1CC2CCC(C1)N2. The molecule has 0 radical (unpaired) electrons. The fraction of sp³-hybridized carbons (Fsp3) is 0.632. The van der Waals surface area contributed by atoms with Gasteiger partial charge in [0.2, 0.25) is 5.91 Å². The van der Waals surface area contributed by atoms with Crippen molar-refractivity contribution in [3.05, 3.63) is 24.3 Å². The number of amides is 1. The standard InChI is InChI=1S/C19H28N2O3S2/c1-3-10-26(23,24)18-7-5-4-6-17(18)25-13(2)19(22)21-16-11-14-8-9-15(12-16)20-14/h4-7,13-16,20H,3,8-12H2,1-2H3,(H,21,22). The Bertz CT molecular complexity index is 739. The zero-order chi connectivity index (χ0) is 18.7. The molecule has 3 atom stereocenters. The number of rotatable bonds is 7. The van der Waals surface area contributed by atoms with Crippen molar-refractivity contribution in [2.45, 2.75) is 79.1 Å². The van der Waals surface area contributed by atoms with Gasteiger partial charge < -0.3 is 10.6 Å². The lowest BCUT2D eigenvalue weighted by atomic mass is 10.00. The molecular formula is C19H28N2O3S2. The number of fused-ring (bicyclic) bond motifs is 2. The van der Waals surface area contributed by atoms with Crippen LogP contribution in [0.25, 0.3) is 0 Å². The van der Waals surface area contributed by atoms with Crippen LogP contribution < -0.4 is 10.6 Å². The quantitative estimate of drug-likeness (QED) is 0.693. The van der Waals surface area contributed by atoms with Crippen molar-refractivity contribution in [2.24, 2.45) is 0 Å². The van der Waals surface area contributed by atoms with Gasteiger partial charge in [0.15, 0.2) is 9.84 Å². The molecule has 3 rings (SSSR count). The predicted octanol–water partition coefficient (Wildman–Crippen LogP) is 2.75. The lowest BCUT2D eigenvalue weighted by molar-refractivity contribution is -0.121. The summed E-state index contributed by atoms with van der Waals surface area (Å²) in [5, 5.41) is 6.42. The molecular weight excluding hydrogens is 368 g/mol. The van der Waals surface area contributed by atoms with Gasteiger partial charge in [0.1, 0.15) is 0 Å². The lowest BCUT2D eigenvalue weighted by Gasteiger charge is -2.30. The Labute approximate surface area is 160 Å². The fourth-order valence-electron chi connectivity index (χ4n) is 3.92. The van der Waals surface area contributed by atoms with Crippen LogP contribution in [-0.4, -0.2) is 43.5 Å². The number of benzene rings is 1. The first-order valence-electron chi connectivity index (χ1n) is 9.44. The van der Waals surface area contributed by atoms with Crippen LogP contribution >= 0.6 is 11.8 Å². The van der Waals surface area contributed by atoms with Gasteiger partial charge in [0, 0.05) is 23.0 Å². The van der Waals surface area contributed by atoms with E-state index in [1.165, 1.54) is 24.6 Å². The monoisotopic (exact) mass is 396 g/mol. The molecule has 2 fully saturated rings. The topological polar surface area (TPSA) is 75.3 Å². The summed E-state index contributed by atoms with van der Waals surface area (Å²) in [5.41, 5.74) is 0. The molecule has 1 aromatic carbocycles. The molecule has 2 aliphatic rings. The molecule has 2 heterocycles. The van der Waals surface area contributed by atoms with Gasteiger partial charge in [-0.3, -0.25) is 4.79 Å². The van der Waals surface area contributed by atoms with E-state index in [0.29, 0.717) is 28.3 Å². The van der Waals surface area contributed by atoms with Crippen molar-refractivity contribution in [1.82, 2.24) is 10.6 Å². The second-order valence-electron chi connectivity index (χ2n) is 7.34. The van der Waals surface area contributed by atoms with Crippen LogP contribution in [0.2, 0.25) is 0 Å². The van der Waals surface area contributed by atoms with E-state index in [1.807, 2.05) is 19.9 Å². The molecule has 3 unspecified atom stereocenters.